The molecule has 0 aliphatic rings. The number of rotatable bonds is 2. The van der Waals surface area contributed by atoms with E-state index in [0.29, 0.717) is 0 Å². The number of nitrogens with zero attached hydrogens (tertiary/aromatic N) is 1. The van der Waals surface area contributed by atoms with E-state index < -0.39 is 0 Å². The highest BCUT2D eigenvalue weighted by Gasteiger charge is 2.05. The Bertz CT molecular complexity index is 644. The predicted octanol–water partition coefficient (Wildman–Crippen LogP) is 5.24. The number of hydrogen-bond acceptors (Lipinski definition) is 2. The lowest BCUT2D eigenvalue weighted by molar-refractivity contribution is 1.41. The van der Waals surface area contributed by atoms with Gasteiger partial charge in [0.1, 0.15) is 5.01 Å². The van der Waals surface area contributed by atoms with E-state index in [-0.39, 0.29) is 0 Å². The molecule has 1 nitrogen and oxygen atoms in total. The zero-order valence-electron chi connectivity index (χ0n) is 9.51. The van der Waals surface area contributed by atoms with Crippen LogP contribution in [0.3, 0.4) is 0 Å². The smallest absolute Gasteiger partial charge is 0.123 e. The van der Waals surface area contributed by atoms with Crippen LogP contribution in [0.5, 0.6) is 0 Å². The van der Waals surface area contributed by atoms with Gasteiger partial charge in [-0.25, -0.2) is 4.98 Å². The monoisotopic (exact) mass is 315 g/mol. The Hall–Kier alpha value is -1.45. The van der Waals surface area contributed by atoms with Gasteiger partial charge in [0.25, 0.3) is 0 Å². The fraction of sp³-hybridized carbons (Fsp3) is 0. The first-order chi connectivity index (χ1) is 8.83. The van der Waals surface area contributed by atoms with E-state index in [4.69, 9.17) is 0 Å². The van der Waals surface area contributed by atoms with Crippen molar-refractivity contribution in [2.24, 2.45) is 0 Å². The number of aromatic nitrogens is 1. The summed E-state index contributed by atoms with van der Waals surface area (Å²) in [6, 6.07) is 18.6. The van der Waals surface area contributed by atoms with E-state index in [1.165, 1.54) is 16.0 Å². The van der Waals surface area contributed by atoms with Crippen molar-refractivity contribution in [3.63, 3.8) is 0 Å². The summed E-state index contributed by atoms with van der Waals surface area (Å²) < 4.78 is 1.10. The van der Waals surface area contributed by atoms with Crippen LogP contribution in [0.15, 0.2) is 65.3 Å². The molecule has 0 aliphatic heterocycles. The second kappa shape index (κ2) is 5.04. The van der Waals surface area contributed by atoms with Gasteiger partial charge in [-0.3, -0.25) is 0 Å². The van der Waals surface area contributed by atoms with Crippen molar-refractivity contribution in [2.45, 2.75) is 0 Å². The van der Waals surface area contributed by atoms with Crippen LogP contribution in [0.4, 0.5) is 0 Å². The van der Waals surface area contributed by atoms with Gasteiger partial charge in [-0.05, 0) is 17.7 Å². The third-order valence-corrected chi connectivity index (χ3v) is 4.28. The molecule has 3 rings (SSSR count). The van der Waals surface area contributed by atoms with E-state index >= 15 is 0 Å². The van der Waals surface area contributed by atoms with Crippen LogP contribution in [-0.4, -0.2) is 4.98 Å². The highest BCUT2D eigenvalue weighted by molar-refractivity contribution is 9.10. The molecule has 0 N–H and O–H groups in total. The molecule has 0 spiro atoms. The van der Waals surface area contributed by atoms with Crippen LogP contribution >= 0.6 is 27.3 Å². The molecule has 0 fully saturated rings. The minimum Gasteiger partial charge on any atom is -0.244 e. The first-order valence-corrected chi connectivity index (χ1v) is 7.21. The molecule has 3 aromatic rings. The van der Waals surface area contributed by atoms with Gasteiger partial charge in [-0.15, -0.1) is 11.3 Å². The molecular weight excluding hydrogens is 306 g/mol. The van der Waals surface area contributed by atoms with Crippen molar-refractivity contribution < 1.29 is 0 Å². The molecule has 0 unspecified atom stereocenters. The van der Waals surface area contributed by atoms with Gasteiger partial charge >= 0.3 is 0 Å². The molecule has 0 bridgehead atoms. The van der Waals surface area contributed by atoms with E-state index in [0.717, 1.165) is 9.48 Å². The predicted molar refractivity (Wildman–Crippen MR) is 80.7 cm³/mol. The SMILES string of the molecule is Brc1ccc(-c2cnc(-c3ccccc3)s2)cc1. The summed E-state index contributed by atoms with van der Waals surface area (Å²) in [6.07, 6.45) is 1.94. The lowest BCUT2D eigenvalue weighted by Crippen LogP contribution is -1.71. The van der Waals surface area contributed by atoms with Crippen LogP contribution in [0.1, 0.15) is 0 Å². The summed E-state index contributed by atoms with van der Waals surface area (Å²) in [7, 11) is 0. The Balaban J connectivity index is 1.97. The van der Waals surface area contributed by atoms with Crippen molar-refractivity contribution in [2.75, 3.05) is 0 Å². The normalized spacial score (nSPS) is 10.5. The third-order valence-electron chi connectivity index (χ3n) is 2.66. The Labute approximate surface area is 118 Å². The summed E-state index contributed by atoms with van der Waals surface area (Å²) in [5.41, 5.74) is 2.38. The molecule has 1 aromatic heterocycles. The quantitative estimate of drug-likeness (QED) is 0.630. The molecule has 18 heavy (non-hydrogen) atoms. The van der Waals surface area contributed by atoms with Crippen molar-refractivity contribution >= 4 is 27.3 Å². The maximum Gasteiger partial charge on any atom is 0.123 e. The summed E-state index contributed by atoms with van der Waals surface area (Å²) in [5.74, 6) is 0. The molecule has 2 aromatic carbocycles. The Morgan fingerprint density at radius 1 is 0.833 bits per heavy atom. The Morgan fingerprint density at radius 3 is 2.28 bits per heavy atom. The summed E-state index contributed by atoms with van der Waals surface area (Å²) in [5, 5.41) is 1.06. The lowest BCUT2D eigenvalue weighted by atomic mass is 10.2. The molecule has 88 valence electrons. The molecule has 0 aliphatic carbocycles. The zero-order valence-corrected chi connectivity index (χ0v) is 11.9. The minimum absolute atomic E-state index is 1.06. The third kappa shape index (κ3) is 2.37. The van der Waals surface area contributed by atoms with E-state index in [2.05, 4.69) is 57.3 Å². The first kappa shape index (κ1) is 11.6. The summed E-state index contributed by atoms with van der Waals surface area (Å²) >= 11 is 5.17. The van der Waals surface area contributed by atoms with Gasteiger partial charge in [0.05, 0.1) is 4.88 Å². The Morgan fingerprint density at radius 2 is 1.56 bits per heavy atom. The van der Waals surface area contributed by atoms with E-state index in [9.17, 15) is 0 Å². The van der Waals surface area contributed by atoms with Gasteiger partial charge in [-0.2, -0.15) is 0 Å². The number of thiazole rings is 1. The second-order valence-electron chi connectivity index (χ2n) is 3.90. The molecule has 0 saturated carbocycles. The van der Waals surface area contributed by atoms with Crippen molar-refractivity contribution in [1.29, 1.82) is 0 Å². The molecule has 0 radical (unpaired) electrons. The number of hydrogen-bond donors (Lipinski definition) is 0. The fourth-order valence-electron chi connectivity index (χ4n) is 1.74. The van der Waals surface area contributed by atoms with Crippen LogP contribution in [0, 0.1) is 0 Å². The highest BCUT2D eigenvalue weighted by atomic mass is 79.9. The number of benzene rings is 2. The topological polar surface area (TPSA) is 12.9 Å². The molecule has 0 atom stereocenters. The average molecular weight is 316 g/mol. The van der Waals surface area contributed by atoms with E-state index in [1.54, 1.807) is 11.3 Å². The van der Waals surface area contributed by atoms with Crippen LogP contribution < -0.4 is 0 Å². The van der Waals surface area contributed by atoms with Crippen molar-refractivity contribution in [3.05, 3.63) is 65.3 Å². The van der Waals surface area contributed by atoms with Gasteiger partial charge in [0.15, 0.2) is 0 Å². The van der Waals surface area contributed by atoms with Crippen LogP contribution in [-0.2, 0) is 0 Å². The van der Waals surface area contributed by atoms with Gasteiger partial charge < -0.3 is 0 Å². The van der Waals surface area contributed by atoms with Gasteiger partial charge in [0, 0.05) is 16.2 Å². The van der Waals surface area contributed by atoms with Crippen molar-refractivity contribution in [1.82, 2.24) is 4.98 Å². The summed E-state index contributed by atoms with van der Waals surface area (Å²) in [4.78, 5) is 5.69. The number of halogens is 1. The van der Waals surface area contributed by atoms with Gasteiger partial charge in [-0.1, -0.05) is 58.4 Å². The zero-order chi connectivity index (χ0) is 12.4. The maximum absolute atomic E-state index is 4.49. The van der Waals surface area contributed by atoms with Crippen LogP contribution in [0.2, 0.25) is 0 Å². The lowest BCUT2D eigenvalue weighted by Gasteiger charge is -1.96. The summed E-state index contributed by atoms with van der Waals surface area (Å²) in [6.45, 7) is 0. The molecular formula is C15H10BrNS. The molecule has 0 saturated heterocycles. The standard InChI is InChI=1S/C15H10BrNS/c16-13-8-6-11(7-9-13)14-10-17-15(18-14)12-4-2-1-3-5-12/h1-10H. The van der Waals surface area contributed by atoms with Crippen molar-refractivity contribution in [3.8, 4) is 21.0 Å². The first-order valence-electron chi connectivity index (χ1n) is 5.60. The highest BCUT2D eigenvalue weighted by Crippen LogP contribution is 2.32. The second-order valence-corrected chi connectivity index (χ2v) is 5.85. The minimum atomic E-state index is 1.06. The largest absolute Gasteiger partial charge is 0.244 e. The molecule has 0 amide bonds. The average Bonchev–Trinajstić information content (AvgIpc) is 2.90. The Kier molecular flexibility index (Phi) is 3.26. The maximum atomic E-state index is 4.49. The molecule has 1 heterocycles. The molecule has 3 heteroatoms. The van der Waals surface area contributed by atoms with Gasteiger partial charge in [0.2, 0.25) is 0 Å². The van der Waals surface area contributed by atoms with E-state index in [1.807, 2.05) is 24.4 Å². The van der Waals surface area contributed by atoms with Crippen LogP contribution in [0.25, 0.3) is 21.0 Å². The fourth-order valence-corrected chi connectivity index (χ4v) is 2.93.